The maximum Gasteiger partial charge on any atom is 0.111 e. The Balaban J connectivity index is 1.79. The Hall–Kier alpha value is -0.730. The van der Waals surface area contributed by atoms with Crippen LogP contribution in [0.5, 0.6) is 0 Å². The second-order valence-electron chi connectivity index (χ2n) is 6.02. The van der Waals surface area contributed by atoms with E-state index in [0.29, 0.717) is 5.88 Å². The molecule has 1 aromatic heterocycles. The van der Waals surface area contributed by atoms with Gasteiger partial charge in [0.2, 0.25) is 0 Å². The molecule has 0 bridgehead atoms. The van der Waals surface area contributed by atoms with Crippen molar-refractivity contribution in [2.24, 2.45) is 5.92 Å². The number of nitrogens with zero attached hydrogens (tertiary/aromatic N) is 2. The van der Waals surface area contributed by atoms with E-state index < -0.39 is 0 Å². The molecule has 21 heavy (non-hydrogen) atoms. The summed E-state index contributed by atoms with van der Waals surface area (Å²) in [6, 6.07) is 5.95. The Morgan fingerprint density at radius 1 is 1.24 bits per heavy atom. The lowest BCUT2D eigenvalue weighted by atomic mass is 10.0. The van der Waals surface area contributed by atoms with Gasteiger partial charge in [0, 0.05) is 18.8 Å². The molecule has 3 rings (SSSR count). The fraction of sp³-hybridized carbons (Fsp3) is 0.588. The lowest BCUT2D eigenvalue weighted by Gasteiger charge is -2.12. The van der Waals surface area contributed by atoms with Gasteiger partial charge in [-0.15, -0.1) is 11.6 Å². The van der Waals surface area contributed by atoms with Crippen molar-refractivity contribution in [3.8, 4) is 0 Å². The second-order valence-corrected chi connectivity index (χ2v) is 6.80. The number of para-hydroxylation sites is 1. The van der Waals surface area contributed by atoms with Crippen molar-refractivity contribution < 1.29 is 0 Å². The predicted octanol–water partition coefficient (Wildman–Crippen LogP) is 5.44. The number of imidazole rings is 1. The van der Waals surface area contributed by atoms with E-state index in [1.807, 2.05) is 18.2 Å². The molecule has 1 saturated carbocycles. The monoisotopic (exact) mass is 324 g/mol. The molecule has 2 nitrogen and oxygen atoms in total. The first kappa shape index (κ1) is 15.2. The fourth-order valence-electron chi connectivity index (χ4n) is 3.54. The molecule has 2 aromatic rings. The summed E-state index contributed by atoms with van der Waals surface area (Å²) < 4.78 is 2.29. The van der Waals surface area contributed by atoms with Crippen LogP contribution in [0.1, 0.15) is 44.3 Å². The molecule has 0 atom stereocenters. The number of rotatable bonds is 6. The van der Waals surface area contributed by atoms with Crippen molar-refractivity contribution in [3.05, 3.63) is 29.0 Å². The van der Waals surface area contributed by atoms with Crippen molar-refractivity contribution >= 4 is 34.2 Å². The largest absolute Gasteiger partial charge is 0.327 e. The minimum absolute atomic E-state index is 0.601. The van der Waals surface area contributed by atoms with Crippen molar-refractivity contribution in [2.45, 2.75) is 51.5 Å². The van der Waals surface area contributed by atoms with Crippen LogP contribution >= 0.6 is 23.2 Å². The molecule has 0 radical (unpaired) electrons. The van der Waals surface area contributed by atoms with Crippen LogP contribution in [0.3, 0.4) is 0 Å². The highest BCUT2D eigenvalue weighted by molar-refractivity contribution is 6.35. The molecular formula is C17H22Cl2N2. The van der Waals surface area contributed by atoms with Gasteiger partial charge in [0.05, 0.1) is 16.1 Å². The molecule has 114 valence electrons. The molecule has 0 unspecified atom stereocenters. The predicted molar refractivity (Wildman–Crippen MR) is 90.4 cm³/mol. The molecule has 4 heteroatoms. The van der Waals surface area contributed by atoms with E-state index in [0.717, 1.165) is 40.8 Å². The van der Waals surface area contributed by atoms with Gasteiger partial charge in [-0.1, -0.05) is 43.4 Å². The third-order valence-corrected chi connectivity index (χ3v) is 5.08. The van der Waals surface area contributed by atoms with Crippen LogP contribution in [0.4, 0.5) is 0 Å². The number of benzene rings is 1. The number of hydrogen-bond donors (Lipinski definition) is 0. The van der Waals surface area contributed by atoms with Gasteiger partial charge in [0.1, 0.15) is 5.82 Å². The number of alkyl halides is 1. The molecule has 1 fully saturated rings. The SMILES string of the molecule is ClCCc1nc2cccc(Cl)c2n1CCCC1CCCC1. The maximum absolute atomic E-state index is 6.39. The number of aromatic nitrogens is 2. The van der Waals surface area contributed by atoms with Gasteiger partial charge in [-0.2, -0.15) is 0 Å². The number of aryl methyl sites for hydroxylation is 2. The van der Waals surface area contributed by atoms with Gasteiger partial charge in [0.25, 0.3) is 0 Å². The smallest absolute Gasteiger partial charge is 0.111 e. The van der Waals surface area contributed by atoms with E-state index in [-0.39, 0.29) is 0 Å². The van der Waals surface area contributed by atoms with Crippen LogP contribution in [0.15, 0.2) is 18.2 Å². The minimum atomic E-state index is 0.601. The average Bonchev–Trinajstić information content (AvgIpc) is 3.09. The normalized spacial score (nSPS) is 16.1. The van der Waals surface area contributed by atoms with E-state index in [4.69, 9.17) is 28.2 Å². The first-order valence-corrected chi connectivity index (χ1v) is 8.90. The lowest BCUT2D eigenvalue weighted by molar-refractivity contribution is 0.458. The summed E-state index contributed by atoms with van der Waals surface area (Å²) in [7, 11) is 0. The zero-order valence-corrected chi connectivity index (χ0v) is 13.8. The van der Waals surface area contributed by atoms with E-state index in [2.05, 4.69) is 4.57 Å². The molecule has 1 aliphatic rings. The molecule has 1 aromatic carbocycles. The zero-order chi connectivity index (χ0) is 14.7. The number of hydrogen-bond acceptors (Lipinski definition) is 1. The summed E-state index contributed by atoms with van der Waals surface area (Å²) >= 11 is 12.3. The Bertz CT molecular complexity index is 600. The second kappa shape index (κ2) is 7.02. The highest BCUT2D eigenvalue weighted by Gasteiger charge is 2.16. The molecule has 1 heterocycles. The maximum atomic E-state index is 6.39. The Labute approximate surface area is 136 Å². The highest BCUT2D eigenvalue weighted by Crippen LogP contribution is 2.30. The quantitative estimate of drug-likeness (QED) is 0.647. The van der Waals surface area contributed by atoms with Crippen LogP contribution in [-0.2, 0) is 13.0 Å². The van der Waals surface area contributed by atoms with Gasteiger partial charge in [-0.05, 0) is 30.9 Å². The summed E-state index contributed by atoms with van der Waals surface area (Å²) in [6.45, 7) is 1.00. The molecule has 0 amide bonds. The summed E-state index contributed by atoms with van der Waals surface area (Å²) in [6.07, 6.45) is 9.00. The third kappa shape index (κ3) is 3.37. The molecule has 0 saturated heterocycles. The lowest BCUT2D eigenvalue weighted by Crippen LogP contribution is -2.06. The molecule has 0 spiro atoms. The summed E-state index contributed by atoms with van der Waals surface area (Å²) in [5, 5.41) is 0.793. The molecule has 0 N–H and O–H groups in total. The van der Waals surface area contributed by atoms with Gasteiger partial charge >= 0.3 is 0 Å². The Kier molecular flexibility index (Phi) is 5.07. The van der Waals surface area contributed by atoms with E-state index in [9.17, 15) is 0 Å². The van der Waals surface area contributed by atoms with Crippen LogP contribution in [-0.4, -0.2) is 15.4 Å². The van der Waals surface area contributed by atoms with Crippen molar-refractivity contribution in [3.63, 3.8) is 0 Å². The molecular weight excluding hydrogens is 303 g/mol. The topological polar surface area (TPSA) is 17.8 Å². The zero-order valence-electron chi connectivity index (χ0n) is 12.3. The van der Waals surface area contributed by atoms with E-state index >= 15 is 0 Å². The Morgan fingerprint density at radius 2 is 2.05 bits per heavy atom. The minimum Gasteiger partial charge on any atom is -0.327 e. The molecule has 1 aliphatic carbocycles. The summed E-state index contributed by atoms with van der Waals surface area (Å²) in [5.41, 5.74) is 2.06. The first-order chi connectivity index (χ1) is 10.3. The van der Waals surface area contributed by atoms with Crippen LogP contribution < -0.4 is 0 Å². The van der Waals surface area contributed by atoms with Crippen LogP contribution in [0.25, 0.3) is 11.0 Å². The fourth-order valence-corrected chi connectivity index (χ4v) is 3.98. The van der Waals surface area contributed by atoms with Crippen molar-refractivity contribution in [1.82, 2.24) is 9.55 Å². The van der Waals surface area contributed by atoms with Gasteiger partial charge < -0.3 is 4.57 Å². The average molecular weight is 325 g/mol. The molecule has 0 aliphatic heterocycles. The van der Waals surface area contributed by atoms with Gasteiger partial charge in [0.15, 0.2) is 0 Å². The van der Waals surface area contributed by atoms with Gasteiger partial charge in [-0.25, -0.2) is 4.98 Å². The first-order valence-electron chi connectivity index (χ1n) is 7.99. The van der Waals surface area contributed by atoms with Crippen LogP contribution in [0, 0.1) is 5.92 Å². The highest BCUT2D eigenvalue weighted by atomic mass is 35.5. The van der Waals surface area contributed by atoms with E-state index in [1.54, 1.807) is 0 Å². The van der Waals surface area contributed by atoms with E-state index in [1.165, 1.54) is 38.5 Å². The number of fused-ring (bicyclic) bond motifs is 1. The Morgan fingerprint density at radius 3 is 2.81 bits per heavy atom. The third-order valence-electron chi connectivity index (χ3n) is 4.58. The summed E-state index contributed by atoms with van der Waals surface area (Å²) in [4.78, 5) is 4.71. The number of halogens is 2. The van der Waals surface area contributed by atoms with Crippen molar-refractivity contribution in [2.75, 3.05) is 5.88 Å². The van der Waals surface area contributed by atoms with Crippen LogP contribution in [0.2, 0.25) is 5.02 Å². The standard InChI is InChI=1S/C17H22Cl2N2/c18-11-10-16-20-15-9-3-8-14(19)17(15)21(16)12-4-7-13-5-1-2-6-13/h3,8-9,13H,1-2,4-7,10-12H2. The van der Waals surface area contributed by atoms with Crippen molar-refractivity contribution in [1.29, 1.82) is 0 Å². The summed E-state index contributed by atoms with van der Waals surface area (Å²) in [5.74, 6) is 2.61. The van der Waals surface area contributed by atoms with Gasteiger partial charge in [-0.3, -0.25) is 0 Å².